The van der Waals surface area contributed by atoms with Gasteiger partial charge in [-0.3, -0.25) is 0 Å². The third-order valence-electron chi connectivity index (χ3n) is 10.3. The van der Waals surface area contributed by atoms with Gasteiger partial charge in [-0.15, -0.1) is 0 Å². The highest BCUT2D eigenvalue weighted by Gasteiger charge is 2.50. The number of ether oxygens (including phenoxy) is 2. The van der Waals surface area contributed by atoms with Crippen LogP contribution in [-0.4, -0.2) is 34.1 Å². The first kappa shape index (κ1) is 27.4. The first-order valence-corrected chi connectivity index (χ1v) is 14.9. The first-order chi connectivity index (χ1) is 20.5. The second-order valence-electron chi connectivity index (χ2n) is 12.8. The number of rotatable bonds is 6. The van der Waals surface area contributed by atoms with Gasteiger partial charge in [0.1, 0.15) is 11.5 Å². The lowest BCUT2D eigenvalue weighted by molar-refractivity contribution is -0.135. The van der Waals surface area contributed by atoms with Crippen molar-refractivity contribution in [1.82, 2.24) is 0 Å². The Bertz CT molecular complexity index is 1850. The van der Waals surface area contributed by atoms with Gasteiger partial charge in [-0.2, -0.15) is 0 Å². The minimum Gasteiger partial charge on any atom is -0.478 e. The topological polar surface area (TPSA) is 127 Å². The van der Waals surface area contributed by atoms with Crippen molar-refractivity contribution in [3.05, 3.63) is 70.3 Å². The van der Waals surface area contributed by atoms with Crippen LogP contribution in [0, 0.1) is 42.4 Å². The molecule has 6 unspecified atom stereocenters. The lowest BCUT2D eigenvalue weighted by Crippen LogP contribution is -2.25. The summed E-state index contributed by atoms with van der Waals surface area (Å²) >= 11 is 0. The van der Waals surface area contributed by atoms with Crippen molar-refractivity contribution < 1.29 is 38.9 Å². The van der Waals surface area contributed by atoms with Gasteiger partial charge < -0.3 is 19.7 Å². The molecule has 2 fully saturated rings. The smallest absolute Gasteiger partial charge is 0.340 e. The lowest BCUT2D eigenvalue weighted by Gasteiger charge is -2.23. The highest BCUT2D eigenvalue weighted by Crippen LogP contribution is 2.54. The molecule has 0 saturated heterocycles. The van der Waals surface area contributed by atoms with Gasteiger partial charge in [0, 0.05) is 21.5 Å². The van der Waals surface area contributed by atoms with Gasteiger partial charge in [0.15, 0.2) is 0 Å². The molecule has 0 amide bonds. The predicted molar refractivity (Wildman–Crippen MR) is 158 cm³/mol. The predicted octanol–water partition coefficient (Wildman–Crippen LogP) is 6.23. The van der Waals surface area contributed by atoms with Crippen molar-refractivity contribution in [2.24, 2.45) is 35.5 Å². The molecule has 8 heteroatoms. The number of esters is 2. The standard InChI is InChI=1S/C35H32O8/c1-15-8-9-22-25(10-15)31(43-35(41)27-19-12-17(3)24(14-19)29(27)33(38)39)21-7-5-4-6-20(21)30(22)42-34(40)26-18-11-16(2)23(13-18)28(26)32(36)37/h4-10,16-19,23-24H,11-14H2,1-3H3,(H,36,37)(H,38,39). The molecule has 0 spiro atoms. The summed E-state index contributed by atoms with van der Waals surface area (Å²) in [6.07, 6.45) is 2.77. The average Bonchev–Trinajstić information content (AvgIpc) is 3.72. The van der Waals surface area contributed by atoms with E-state index in [1.165, 1.54) is 0 Å². The van der Waals surface area contributed by atoms with E-state index in [1.807, 2.05) is 32.9 Å². The quantitative estimate of drug-likeness (QED) is 0.200. The van der Waals surface area contributed by atoms with Gasteiger partial charge in [-0.25, -0.2) is 19.2 Å². The van der Waals surface area contributed by atoms with Crippen molar-refractivity contribution in [1.29, 1.82) is 0 Å². The van der Waals surface area contributed by atoms with Crippen molar-refractivity contribution in [3.63, 3.8) is 0 Å². The summed E-state index contributed by atoms with van der Waals surface area (Å²) in [6, 6.07) is 12.6. The number of benzene rings is 3. The van der Waals surface area contributed by atoms with E-state index >= 15 is 0 Å². The summed E-state index contributed by atoms with van der Waals surface area (Å²) in [5, 5.41) is 22.1. The minimum absolute atomic E-state index is 0.153. The van der Waals surface area contributed by atoms with Crippen molar-refractivity contribution in [2.45, 2.75) is 46.5 Å². The van der Waals surface area contributed by atoms with Crippen LogP contribution in [0.1, 0.15) is 45.1 Å². The zero-order valence-corrected chi connectivity index (χ0v) is 24.2. The van der Waals surface area contributed by atoms with Gasteiger partial charge in [-0.05, 0) is 74.2 Å². The maximum Gasteiger partial charge on any atom is 0.340 e. The molecule has 8 nitrogen and oxygen atoms in total. The number of carboxylic acid groups (broad SMARTS) is 2. The molecule has 0 radical (unpaired) electrons. The van der Waals surface area contributed by atoms with Crippen LogP contribution in [0.4, 0.5) is 0 Å². The molecule has 7 rings (SSSR count). The van der Waals surface area contributed by atoms with Crippen LogP contribution < -0.4 is 9.47 Å². The van der Waals surface area contributed by atoms with Crippen molar-refractivity contribution in [2.75, 3.05) is 0 Å². The molecule has 4 bridgehead atoms. The van der Waals surface area contributed by atoms with E-state index in [-0.39, 0.29) is 69.3 Å². The minimum atomic E-state index is -1.08. The summed E-state index contributed by atoms with van der Waals surface area (Å²) < 4.78 is 12.2. The Morgan fingerprint density at radius 1 is 0.628 bits per heavy atom. The van der Waals surface area contributed by atoms with Crippen LogP contribution in [0.25, 0.3) is 21.5 Å². The Labute approximate surface area is 248 Å². The fourth-order valence-corrected chi connectivity index (χ4v) is 8.44. The summed E-state index contributed by atoms with van der Waals surface area (Å²) in [5.74, 6) is -3.20. The Morgan fingerprint density at radius 2 is 1.07 bits per heavy atom. The highest BCUT2D eigenvalue weighted by molar-refractivity contribution is 6.15. The number of fused-ring (bicyclic) bond motifs is 6. The van der Waals surface area contributed by atoms with Crippen LogP contribution in [-0.2, 0) is 19.2 Å². The number of carbonyl (C=O) groups is 4. The molecule has 43 heavy (non-hydrogen) atoms. The van der Waals surface area contributed by atoms with Gasteiger partial charge in [0.2, 0.25) is 0 Å². The van der Waals surface area contributed by atoms with E-state index < -0.39 is 23.9 Å². The van der Waals surface area contributed by atoms with Crippen LogP contribution >= 0.6 is 0 Å². The molecule has 4 aliphatic carbocycles. The van der Waals surface area contributed by atoms with Crippen LogP contribution in [0.15, 0.2) is 64.8 Å². The van der Waals surface area contributed by atoms with Crippen LogP contribution in [0.3, 0.4) is 0 Å². The van der Waals surface area contributed by atoms with Crippen molar-refractivity contribution >= 4 is 45.4 Å². The monoisotopic (exact) mass is 580 g/mol. The van der Waals surface area contributed by atoms with Crippen molar-refractivity contribution in [3.8, 4) is 11.5 Å². The molecule has 6 atom stereocenters. The second-order valence-corrected chi connectivity index (χ2v) is 12.8. The Morgan fingerprint density at radius 3 is 1.53 bits per heavy atom. The molecule has 3 aromatic carbocycles. The normalized spacial score (nSPS) is 27.4. The van der Waals surface area contributed by atoms with Crippen LogP contribution in [0.5, 0.6) is 11.5 Å². The van der Waals surface area contributed by atoms with Gasteiger partial charge >= 0.3 is 23.9 Å². The molecule has 3 aromatic rings. The average molecular weight is 581 g/mol. The Kier molecular flexibility index (Phi) is 6.24. The summed E-state index contributed by atoms with van der Waals surface area (Å²) in [6.45, 7) is 5.94. The lowest BCUT2D eigenvalue weighted by atomic mass is 9.84. The summed E-state index contributed by atoms with van der Waals surface area (Å²) in [7, 11) is 0. The Hall–Kier alpha value is -4.46. The van der Waals surface area contributed by atoms with E-state index in [9.17, 15) is 29.4 Å². The summed E-state index contributed by atoms with van der Waals surface area (Å²) in [5.41, 5.74) is 1.69. The molecular formula is C35H32O8. The van der Waals surface area contributed by atoms with Gasteiger partial charge in [0.05, 0.1) is 22.3 Å². The van der Waals surface area contributed by atoms with Gasteiger partial charge in [-0.1, -0.05) is 55.8 Å². The fraction of sp³-hybridized carbons (Fsp3) is 0.371. The number of carboxylic acids is 2. The molecule has 0 heterocycles. The van der Waals surface area contributed by atoms with E-state index in [2.05, 4.69) is 0 Å². The number of hydrogen-bond acceptors (Lipinski definition) is 6. The molecule has 2 N–H and O–H groups in total. The number of carbonyl (C=O) groups excluding carboxylic acids is 2. The third kappa shape index (κ3) is 4.10. The number of aliphatic carboxylic acids is 2. The first-order valence-electron chi connectivity index (χ1n) is 14.9. The van der Waals surface area contributed by atoms with E-state index in [0.717, 1.165) is 18.4 Å². The van der Waals surface area contributed by atoms with Crippen LogP contribution in [0.2, 0.25) is 0 Å². The zero-order chi connectivity index (χ0) is 30.3. The number of hydrogen-bond donors (Lipinski definition) is 2. The molecular weight excluding hydrogens is 548 g/mol. The molecule has 2 saturated carbocycles. The zero-order valence-electron chi connectivity index (χ0n) is 24.2. The maximum absolute atomic E-state index is 13.7. The second kappa shape index (κ2) is 9.79. The maximum atomic E-state index is 13.7. The van der Waals surface area contributed by atoms with E-state index in [0.29, 0.717) is 34.4 Å². The van der Waals surface area contributed by atoms with E-state index in [4.69, 9.17) is 9.47 Å². The summed E-state index contributed by atoms with van der Waals surface area (Å²) in [4.78, 5) is 51.9. The number of aryl methyl sites for hydroxylation is 1. The van der Waals surface area contributed by atoms with Gasteiger partial charge in [0.25, 0.3) is 0 Å². The molecule has 220 valence electrons. The molecule has 0 aromatic heterocycles. The molecule has 4 aliphatic rings. The Balaban J connectivity index is 1.35. The highest BCUT2D eigenvalue weighted by atomic mass is 16.5. The third-order valence-corrected chi connectivity index (χ3v) is 10.3. The fourth-order valence-electron chi connectivity index (χ4n) is 8.44. The largest absolute Gasteiger partial charge is 0.478 e. The SMILES string of the molecule is Cc1ccc2c(OC(=O)C3=C(C(=O)O)C4CC3CC4C)c3ccccc3c(OC(=O)C3=C(C(=O)O)C4CC3CC4C)c2c1. The van der Waals surface area contributed by atoms with E-state index in [1.54, 1.807) is 30.3 Å². The molecule has 0 aliphatic heterocycles.